The fraction of sp³-hybridized carbons (Fsp3) is 0.520. The highest BCUT2D eigenvalue weighted by Crippen LogP contribution is 2.47. The Balaban J connectivity index is 0.000000332. The van der Waals surface area contributed by atoms with E-state index in [9.17, 15) is 40.3 Å². The molecule has 2 atom stereocenters. The standard InChI is InChI=1S/C18H16F5N3O2.C6H11N.CH2F2/c19-14-9(2-1-3-10(14)15(20)21)7-25-16(28)11-8-26(13(27)6-12(11)24)18(4-5-18)17(22)23;1-7-3-5-2-6(5)4-7;2-1-3/h1-3,6,8,15,17H,4-5,7,24H2,(H,25,28);5-6H,2-4H2,1H3;1H2. The first kappa shape index (κ1) is 29.5. The molecule has 2 aromatic rings. The molecule has 38 heavy (non-hydrogen) atoms. The number of hydrogen-bond donors (Lipinski definition) is 2. The molecule has 1 saturated heterocycles. The SMILES string of the molecule is CN1CC2CC2C1.FCF.Nc1cc(=O)n(C2(C(F)F)CC2)cc1C(=O)NCc1cccc(C(F)F)c1F. The van der Waals surface area contributed by atoms with Crippen LogP contribution in [0.1, 0.15) is 47.2 Å². The Kier molecular flexibility index (Phi) is 9.45. The van der Waals surface area contributed by atoms with Gasteiger partial charge in [0.2, 0.25) is 6.93 Å². The summed E-state index contributed by atoms with van der Waals surface area (Å²) in [5.41, 5.74) is 1.80. The molecular formula is C25H29F7N4O2. The quantitative estimate of drug-likeness (QED) is 0.514. The average Bonchev–Trinajstić information content (AvgIpc) is 3.76. The van der Waals surface area contributed by atoms with Crippen molar-refractivity contribution in [3.8, 4) is 0 Å². The predicted octanol–water partition coefficient (Wildman–Crippen LogP) is 4.64. The van der Waals surface area contributed by atoms with Gasteiger partial charge in [-0.25, -0.2) is 30.7 Å². The van der Waals surface area contributed by atoms with Crippen LogP contribution in [0.5, 0.6) is 0 Å². The fourth-order valence-corrected chi connectivity index (χ4v) is 4.59. The van der Waals surface area contributed by atoms with Gasteiger partial charge in [-0.2, -0.15) is 0 Å². The van der Waals surface area contributed by atoms with E-state index >= 15 is 0 Å². The largest absolute Gasteiger partial charge is 0.398 e. The van der Waals surface area contributed by atoms with Crippen molar-refractivity contribution in [1.82, 2.24) is 14.8 Å². The Morgan fingerprint density at radius 2 is 1.76 bits per heavy atom. The molecule has 3 N–H and O–H groups in total. The minimum absolute atomic E-state index is 0.0845. The number of rotatable bonds is 6. The molecule has 210 valence electrons. The predicted molar refractivity (Wildman–Crippen MR) is 127 cm³/mol. The van der Waals surface area contributed by atoms with Crippen LogP contribution in [-0.4, -0.2) is 48.9 Å². The van der Waals surface area contributed by atoms with Gasteiger partial charge >= 0.3 is 0 Å². The third kappa shape index (κ3) is 6.66. The van der Waals surface area contributed by atoms with E-state index in [1.54, 1.807) is 0 Å². The van der Waals surface area contributed by atoms with Crippen molar-refractivity contribution < 1.29 is 35.5 Å². The number of carbonyl (C=O) groups excluding carboxylic acids is 1. The number of halogens is 7. The lowest BCUT2D eigenvalue weighted by Crippen LogP contribution is -2.37. The van der Waals surface area contributed by atoms with Gasteiger partial charge < -0.3 is 20.5 Å². The van der Waals surface area contributed by atoms with E-state index < -0.39 is 54.7 Å². The number of aromatic nitrogens is 1. The van der Waals surface area contributed by atoms with Crippen molar-refractivity contribution in [1.29, 1.82) is 0 Å². The summed E-state index contributed by atoms with van der Waals surface area (Å²) in [4.78, 5) is 26.8. The van der Waals surface area contributed by atoms with Crippen LogP contribution in [0.25, 0.3) is 0 Å². The lowest BCUT2D eigenvalue weighted by Gasteiger charge is -2.19. The number of fused-ring (bicyclic) bond motifs is 1. The number of benzene rings is 1. The van der Waals surface area contributed by atoms with Gasteiger partial charge in [0.25, 0.3) is 24.3 Å². The number of nitrogens with one attached hydrogen (secondary N) is 1. The summed E-state index contributed by atoms with van der Waals surface area (Å²) in [6.45, 7) is 0.582. The summed E-state index contributed by atoms with van der Waals surface area (Å²) < 4.78 is 86.2. The highest BCUT2D eigenvalue weighted by molar-refractivity contribution is 5.98. The lowest BCUT2D eigenvalue weighted by atomic mass is 10.1. The number of nitrogen functional groups attached to an aromatic ring is 1. The Morgan fingerprint density at radius 3 is 2.24 bits per heavy atom. The molecule has 2 unspecified atom stereocenters. The molecule has 13 heteroatoms. The normalized spacial score (nSPS) is 20.7. The van der Waals surface area contributed by atoms with Gasteiger partial charge in [-0.3, -0.25) is 9.59 Å². The van der Waals surface area contributed by atoms with Crippen molar-refractivity contribution in [3.05, 3.63) is 63.3 Å². The molecule has 3 fully saturated rings. The summed E-state index contributed by atoms with van der Waals surface area (Å²) >= 11 is 0. The molecule has 3 aliphatic rings. The Labute approximate surface area is 214 Å². The number of hydrogen-bond acceptors (Lipinski definition) is 4. The number of nitrogens with two attached hydrogens (primary N) is 1. The minimum atomic E-state index is -3.01. The van der Waals surface area contributed by atoms with E-state index in [0.717, 1.165) is 34.7 Å². The summed E-state index contributed by atoms with van der Waals surface area (Å²) in [7, 11) is 2.21. The van der Waals surface area contributed by atoms with E-state index in [2.05, 4.69) is 17.3 Å². The van der Waals surface area contributed by atoms with Gasteiger partial charge in [0.1, 0.15) is 11.4 Å². The molecule has 0 bridgehead atoms. The molecule has 2 heterocycles. The van der Waals surface area contributed by atoms with Gasteiger partial charge in [-0.15, -0.1) is 0 Å². The van der Waals surface area contributed by atoms with Crippen LogP contribution in [0.3, 0.4) is 0 Å². The van der Waals surface area contributed by atoms with Crippen LogP contribution < -0.4 is 16.6 Å². The first-order valence-corrected chi connectivity index (χ1v) is 11.9. The van der Waals surface area contributed by atoms with Crippen molar-refractivity contribution in [2.24, 2.45) is 11.8 Å². The van der Waals surface area contributed by atoms with E-state index in [1.165, 1.54) is 31.6 Å². The summed E-state index contributed by atoms with van der Waals surface area (Å²) in [5.74, 6) is 0.235. The summed E-state index contributed by atoms with van der Waals surface area (Å²) in [6.07, 6.45) is -3.15. The van der Waals surface area contributed by atoms with Crippen LogP contribution in [-0.2, 0) is 12.1 Å². The van der Waals surface area contributed by atoms with Crippen LogP contribution in [0.15, 0.2) is 35.3 Å². The van der Waals surface area contributed by atoms with Crippen molar-refractivity contribution in [3.63, 3.8) is 0 Å². The summed E-state index contributed by atoms with van der Waals surface area (Å²) in [5, 5.41) is 2.30. The maximum Gasteiger partial charge on any atom is 0.266 e. The zero-order valence-corrected chi connectivity index (χ0v) is 20.6. The highest BCUT2D eigenvalue weighted by atomic mass is 19.3. The van der Waals surface area contributed by atoms with Gasteiger partial charge in [-0.1, -0.05) is 18.2 Å². The third-order valence-electron chi connectivity index (χ3n) is 6.92. The second-order valence-electron chi connectivity index (χ2n) is 9.64. The molecule has 1 aromatic carbocycles. The Hall–Kier alpha value is -3.09. The van der Waals surface area contributed by atoms with Crippen molar-refractivity contribution in [2.75, 3.05) is 32.8 Å². The van der Waals surface area contributed by atoms with Crippen LogP contribution in [0, 0.1) is 17.7 Å². The second kappa shape index (κ2) is 12.2. The van der Waals surface area contributed by atoms with E-state index in [4.69, 9.17) is 5.73 Å². The molecule has 1 amide bonds. The number of pyridine rings is 1. The number of alkyl halides is 6. The van der Waals surface area contributed by atoms with E-state index in [0.29, 0.717) is 0 Å². The smallest absolute Gasteiger partial charge is 0.266 e. The molecule has 0 spiro atoms. The van der Waals surface area contributed by atoms with Gasteiger partial charge in [0.05, 0.1) is 16.8 Å². The maximum absolute atomic E-state index is 14.0. The monoisotopic (exact) mass is 550 g/mol. The molecule has 2 saturated carbocycles. The van der Waals surface area contributed by atoms with Crippen LogP contribution in [0.2, 0.25) is 0 Å². The zero-order chi connectivity index (χ0) is 28.2. The molecule has 5 rings (SSSR count). The van der Waals surface area contributed by atoms with Crippen LogP contribution in [0.4, 0.5) is 36.4 Å². The first-order valence-electron chi connectivity index (χ1n) is 11.9. The van der Waals surface area contributed by atoms with Crippen LogP contribution >= 0.6 is 0 Å². The number of anilines is 1. The lowest BCUT2D eigenvalue weighted by molar-refractivity contribution is 0.0648. The minimum Gasteiger partial charge on any atom is -0.398 e. The molecule has 1 aliphatic heterocycles. The molecular weight excluding hydrogens is 521 g/mol. The van der Waals surface area contributed by atoms with Crippen molar-refractivity contribution >= 4 is 11.6 Å². The van der Waals surface area contributed by atoms with Gasteiger partial charge in [-0.05, 0) is 38.1 Å². The number of amides is 1. The average molecular weight is 551 g/mol. The number of likely N-dealkylation sites (tertiary alicyclic amines) is 1. The number of nitrogens with zero attached hydrogens (tertiary/aromatic N) is 2. The van der Waals surface area contributed by atoms with E-state index in [-0.39, 0.29) is 29.7 Å². The topological polar surface area (TPSA) is 80.4 Å². The third-order valence-corrected chi connectivity index (χ3v) is 6.92. The van der Waals surface area contributed by atoms with E-state index in [1.807, 2.05) is 0 Å². The highest BCUT2D eigenvalue weighted by Gasteiger charge is 2.53. The number of carbonyl (C=O) groups is 1. The van der Waals surface area contributed by atoms with Gasteiger partial charge in [0, 0.05) is 37.5 Å². The molecule has 0 radical (unpaired) electrons. The molecule has 2 aliphatic carbocycles. The molecule has 6 nitrogen and oxygen atoms in total. The zero-order valence-electron chi connectivity index (χ0n) is 20.6. The Morgan fingerprint density at radius 1 is 1.16 bits per heavy atom. The van der Waals surface area contributed by atoms with Crippen molar-refractivity contribution in [2.45, 2.75) is 44.2 Å². The summed E-state index contributed by atoms with van der Waals surface area (Å²) in [6, 6.07) is 4.25. The van der Waals surface area contributed by atoms with Gasteiger partial charge in [0.15, 0.2) is 0 Å². The second-order valence-corrected chi connectivity index (χ2v) is 9.64. The Bertz CT molecular complexity index is 1180. The maximum atomic E-state index is 14.0. The first-order chi connectivity index (χ1) is 17.9. The number of piperidine rings is 1. The molecule has 1 aromatic heterocycles. The fourth-order valence-electron chi connectivity index (χ4n) is 4.59.